The lowest BCUT2D eigenvalue weighted by Crippen LogP contribution is -2.02. The van der Waals surface area contributed by atoms with E-state index in [4.69, 9.17) is 14.9 Å². The van der Waals surface area contributed by atoms with Crippen molar-refractivity contribution in [1.29, 1.82) is 0 Å². The van der Waals surface area contributed by atoms with Crippen LogP contribution < -0.4 is 4.74 Å². The summed E-state index contributed by atoms with van der Waals surface area (Å²) in [5.41, 5.74) is 2.48. The summed E-state index contributed by atoms with van der Waals surface area (Å²) in [6.45, 7) is 4.20. The number of aliphatic hydroxyl groups is 2. The lowest BCUT2D eigenvalue weighted by atomic mass is 10.1. The second-order valence-electron chi connectivity index (χ2n) is 3.16. The van der Waals surface area contributed by atoms with Crippen molar-refractivity contribution in [3.05, 3.63) is 28.8 Å². The molecular weight excluding hydrogens is 180 g/mol. The van der Waals surface area contributed by atoms with E-state index in [-0.39, 0.29) is 13.2 Å². The minimum atomic E-state index is -0.0655. The molecule has 2 N–H and O–H groups in total. The molecule has 1 aromatic carbocycles. The van der Waals surface area contributed by atoms with Crippen LogP contribution in [-0.4, -0.2) is 16.8 Å². The Labute approximate surface area is 84.0 Å². The Bertz CT molecular complexity index is 282. The fourth-order valence-electron chi connectivity index (χ4n) is 1.49. The molecule has 0 aromatic heterocycles. The molecule has 0 spiro atoms. The molecule has 1 aromatic rings. The normalized spacial score (nSPS) is 10.3. The molecular formula is C11H16O3. The van der Waals surface area contributed by atoms with Gasteiger partial charge in [-0.3, -0.25) is 0 Å². The van der Waals surface area contributed by atoms with Crippen molar-refractivity contribution in [2.24, 2.45) is 0 Å². The number of hydrogen-bond donors (Lipinski definition) is 2. The maximum atomic E-state index is 9.13. The van der Waals surface area contributed by atoms with Crippen LogP contribution in [0, 0.1) is 6.92 Å². The van der Waals surface area contributed by atoms with Crippen molar-refractivity contribution >= 4 is 0 Å². The van der Waals surface area contributed by atoms with Crippen LogP contribution in [0.2, 0.25) is 0 Å². The Hall–Kier alpha value is -1.06. The van der Waals surface area contributed by atoms with Gasteiger partial charge in [0.05, 0.1) is 19.8 Å². The Morgan fingerprint density at radius 3 is 2.00 bits per heavy atom. The van der Waals surface area contributed by atoms with E-state index in [1.165, 1.54) is 0 Å². The van der Waals surface area contributed by atoms with Gasteiger partial charge >= 0.3 is 0 Å². The fourth-order valence-corrected chi connectivity index (χ4v) is 1.49. The second-order valence-corrected chi connectivity index (χ2v) is 3.16. The van der Waals surface area contributed by atoms with Crippen molar-refractivity contribution < 1.29 is 14.9 Å². The number of rotatable bonds is 4. The molecule has 0 fully saturated rings. The van der Waals surface area contributed by atoms with E-state index in [9.17, 15) is 0 Å². The topological polar surface area (TPSA) is 49.7 Å². The average Bonchev–Trinajstić information content (AvgIpc) is 2.20. The van der Waals surface area contributed by atoms with Crippen LogP contribution in [0.5, 0.6) is 5.75 Å². The third-order valence-electron chi connectivity index (χ3n) is 2.02. The molecule has 0 aliphatic rings. The molecule has 0 atom stereocenters. The molecule has 0 amide bonds. The third-order valence-corrected chi connectivity index (χ3v) is 2.02. The highest BCUT2D eigenvalue weighted by Crippen LogP contribution is 2.26. The van der Waals surface area contributed by atoms with Crippen molar-refractivity contribution in [3.63, 3.8) is 0 Å². The van der Waals surface area contributed by atoms with Crippen molar-refractivity contribution in [1.82, 2.24) is 0 Å². The molecule has 0 bridgehead atoms. The molecule has 3 heteroatoms. The van der Waals surface area contributed by atoms with Crippen LogP contribution >= 0.6 is 0 Å². The number of ether oxygens (including phenoxy) is 1. The summed E-state index contributed by atoms with van der Waals surface area (Å²) in [5, 5.41) is 18.3. The van der Waals surface area contributed by atoms with Gasteiger partial charge in [0.2, 0.25) is 0 Å². The Morgan fingerprint density at radius 1 is 1.14 bits per heavy atom. The first-order chi connectivity index (χ1) is 6.72. The zero-order valence-electron chi connectivity index (χ0n) is 8.58. The van der Waals surface area contributed by atoms with Crippen molar-refractivity contribution in [2.45, 2.75) is 27.1 Å². The predicted molar refractivity (Wildman–Crippen MR) is 54.2 cm³/mol. The molecule has 3 nitrogen and oxygen atoms in total. The number of benzene rings is 1. The van der Waals surface area contributed by atoms with Gasteiger partial charge in [0.15, 0.2) is 0 Å². The lowest BCUT2D eigenvalue weighted by molar-refractivity contribution is 0.251. The van der Waals surface area contributed by atoms with Crippen molar-refractivity contribution in [3.8, 4) is 5.75 Å². The maximum absolute atomic E-state index is 9.13. The van der Waals surface area contributed by atoms with Crippen molar-refractivity contribution in [2.75, 3.05) is 6.61 Å². The van der Waals surface area contributed by atoms with Gasteiger partial charge in [0, 0.05) is 11.1 Å². The average molecular weight is 196 g/mol. The second kappa shape index (κ2) is 4.98. The van der Waals surface area contributed by atoms with Crippen LogP contribution in [0.3, 0.4) is 0 Å². The van der Waals surface area contributed by atoms with Gasteiger partial charge in [-0.2, -0.15) is 0 Å². The first-order valence-electron chi connectivity index (χ1n) is 4.69. The third kappa shape index (κ3) is 2.25. The van der Waals surface area contributed by atoms with Gasteiger partial charge in [-0.15, -0.1) is 0 Å². The van der Waals surface area contributed by atoms with E-state index in [1.54, 1.807) is 0 Å². The Morgan fingerprint density at radius 2 is 1.64 bits per heavy atom. The van der Waals surface area contributed by atoms with E-state index in [0.717, 1.165) is 16.7 Å². The van der Waals surface area contributed by atoms with E-state index in [2.05, 4.69) is 0 Å². The lowest BCUT2D eigenvalue weighted by Gasteiger charge is -2.13. The molecule has 78 valence electrons. The van der Waals surface area contributed by atoms with Crippen LogP contribution in [0.25, 0.3) is 0 Å². The number of aliphatic hydroxyl groups excluding tert-OH is 2. The molecule has 0 aliphatic carbocycles. The van der Waals surface area contributed by atoms with E-state index in [0.29, 0.717) is 12.4 Å². The van der Waals surface area contributed by atoms with Gasteiger partial charge in [-0.05, 0) is 13.8 Å². The van der Waals surface area contributed by atoms with Gasteiger partial charge in [-0.1, -0.05) is 17.7 Å². The molecule has 1 rings (SSSR count). The SMILES string of the molecule is CCOc1c(CO)cc(C)cc1CO. The molecule has 0 saturated heterocycles. The monoisotopic (exact) mass is 196 g/mol. The van der Waals surface area contributed by atoms with Gasteiger partial charge in [-0.25, -0.2) is 0 Å². The number of aryl methyl sites for hydroxylation is 1. The smallest absolute Gasteiger partial charge is 0.130 e. The molecule has 0 saturated carbocycles. The molecule has 14 heavy (non-hydrogen) atoms. The van der Waals surface area contributed by atoms with Crippen LogP contribution in [0.1, 0.15) is 23.6 Å². The van der Waals surface area contributed by atoms with E-state index < -0.39 is 0 Å². The van der Waals surface area contributed by atoms with Gasteiger partial charge < -0.3 is 14.9 Å². The minimum Gasteiger partial charge on any atom is -0.493 e. The Balaban J connectivity index is 3.18. The van der Waals surface area contributed by atoms with Crippen LogP contribution in [-0.2, 0) is 13.2 Å². The fraction of sp³-hybridized carbons (Fsp3) is 0.455. The molecule has 0 aliphatic heterocycles. The largest absolute Gasteiger partial charge is 0.493 e. The highest BCUT2D eigenvalue weighted by molar-refractivity contribution is 5.43. The molecule has 0 heterocycles. The summed E-state index contributed by atoms with van der Waals surface area (Å²) < 4.78 is 5.38. The van der Waals surface area contributed by atoms with E-state index >= 15 is 0 Å². The van der Waals surface area contributed by atoms with Gasteiger partial charge in [0.1, 0.15) is 5.75 Å². The highest BCUT2D eigenvalue weighted by atomic mass is 16.5. The zero-order valence-corrected chi connectivity index (χ0v) is 8.58. The zero-order chi connectivity index (χ0) is 10.6. The van der Waals surface area contributed by atoms with Crippen LogP contribution in [0.15, 0.2) is 12.1 Å². The van der Waals surface area contributed by atoms with E-state index in [1.807, 2.05) is 26.0 Å². The Kier molecular flexibility index (Phi) is 3.92. The quantitative estimate of drug-likeness (QED) is 0.764. The summed E-state index contributed by atoms with van der Waals surface area (Å²) in [6.07, 6.45) is 0. The first-order valence-corrected chi connectivity index (χ1v) is 4.69. The predicted octanol–water partition coefficient (Wildman–Crippen LogP) is 1.38. The highest BCUT2D eigenvalue weighted by Gasteiger charge is 2.09. The molecule has 0 unspecified atom stereocenters. The summed E-state index contributed by atoms with van der Waals surface area (Å²) in [7, 11) is 0. The summed E-state index contributed by atoms with van der Waals surface area (Å²) >= 11 is 0. The van der Waals surface area contributed by atoms with Crippen LogP contribution in [0.4, 0.5) is 0 Å². The minimum absolute atomic E-state index is 0.0655. The summed E-state index contributed by atoms with van der Waals surface area (Å²) in [4.78, 5) is 0. The standard InChI is InChI=1S/C11H16O3/c1-3-14-11-9(6-12)4-8(2)5-10(11)7-13/h4-5,12-13H,3,6-7H2,1-2H3. The molecule has 0 radical (unpaired) electrons. The summed E-state index contributed by atoms with van der Waals surface area (Å²) in [5.74, 6) is 0.614. The maximum Gasteiger partial charge on any atom is 0.130 e. The first kappa shape index (κ1) is 11.0. The summed E-state index contributed by atoms with van der Waals surface area (Å²) in [6, 6.07) is 3.73. The number of hydrogen-bond acceptors (Lipinski definition) is 3. The van der Waals surface area contributed by atoms with Gasteiger partial charge in [0.25, 0.3) is 0 Å².